The van der Waals surface area contributed by atoms with Crippen molar-refractivity contribution in [3.05, 3.63) is 77.9 Å². The van der Waals surface area contributed by atoms with E-state index < -0.39 is 77.9 Å². The maximum atomic E-state index is 14.3. The number of carbonyl (C=O) groups is 6. The average molecular weight is 808 g/mol. The summed E-state index contributed by atoms with van der Waals surface area (Å²) in [5.74, 6) is -5.59. The van der Waals surface area contributed by atoms with Crippen molar-refractivity contribution in [3.8, 4) is 5.75 Å². The standard InChI is InChI=1S/C43H61N5O10/c1-26(2)38-41(55)44-34(25-30-15-12-16-31(50)24-30)42(56)48-23-13-17-33(46-48)43(57)58-36(27(3)14-11-20-37(52)47(6)7)19-10-8-9-18-35(51)29(5)39(53)32(40(54)45-38)22-21-28(4)49/h8-12,14-16,18,20,24,26,29,32-36,38-39,46,50-51,53H,13,17,19,21-23,25H2,1-7H3,(H,44,55)(H,45,54)/t29-,32+,33?,34-,35-,36-,38-,39+/m0/s1. The maximum absolute atomic E-state index is 14.3. The van der Waals surface area contributed by atoms with Crippen molar-refractivity contribution in [2.24, 2.45) is 17.8 Å². The van der Waals surface area contributed by atoms with Gasteiger partial charge >= 0.3 is 5.97 Å². The van der Waals surface area contributed by atoms with Crippen LogP contribution in [0, 0.1) is 17.8 Å². The number of aliphatic hydroxyl groups excluding tert-OH is 2. The van der Waals surface area contributed by atoms with Crippen LogP contribution in [0.1, 0.15) is 72.3 Å². The Morgan fingerprint density at radius 2 is 1.78 bits per heavy atom. The lowest BCUT2D eigenvalue weighted by Crippen LogP contribution is -2.62. The number of fused-ring (bicyclic) bond motifs is 2. The highest BCUT2D eigenvalue weighted by Gasteiger charge is 2.38. The largest absolute Gasteiger partial charge is 0.508 e. The zero-order valence-electron chi connectivity index (χ0n) is 34.6. The topological polar surface area (TPSA) is 215 Å². The van der Waals surface area contributed by atoms with Gasteiger partial charge in [0.15, 0.2) is 0 Å². The summed E-state index contributed by atoms with van der Waals surface area (Å²) in [6.45, 7) is 8.31. The van der Waals surface area contributed by atoms with Gasteiger partial charge < -0.3 is 40.4 Å². The molecule has 0 radical (unpaired) electrons. The van der Waals surface area contributed by atoms with Crippen LogP contribution in [0.2, 0.25) is 0 Å². The zero-order valence-corrected chi connectivity index (χ0v) is 34.6. The lowest BCUT2D eigenvalue weighted by molar-refractivity contribution is -0.156. The number of cyclic esters (lactones) is 1. The van der Waals surface area contributed by atoms with Crippen LogP contribution in [0.5, 0.6) is 5.75 Å². The molecule has 1 aromatic rings. The Balaban J connectivity index is 2.08. The number of aliphatic hydroxyl groups is 2. The van der Waals surface area contributed by atoms with E-state index in [1.54, 1.807) is 84.3 Å². The number of hydrogen-bond donors (Lipinski definition) is 6. The smallest absolute Gasteiger partial charge is 0.325 e. The zero-order chi connectivity index (χ0) is 43.1. The summed E-state index contributed by atoms with van der Waals surface area (Å²) in [5.41, 5.74) is 4.15. The average Bonchev–Trinajstić information content (AvgIpc) is 3.17. The van der Waals surface area contributed by atoms with E-state index in [1.807, 2.05) is 0 Å². The van der Waals surface area contributed by atoms with Crippen molar-refractivity contribution < 1.29 is 48.8 Å². The van der Waals surface area contributed by atoms with Gasteiger partial charge in [0.1, 0.15) is 35.8 Å². The van der Waals surface area contributed by atoms with Crippen molar-refractivity contribution in [2.45, 2.75) is 110 Å². The molecule has 6 N–H and O–H groups in total. The number of hydrogen-bond acceptors (Lipinski definition) is 11. The molecule has 1 saturated heterocycles. The predicted octanol–water partition coefficient (Wildman–Crippen LogP) is 2.42. The molecule has 0 spiro atoms. The minimum Gasteiger partial charge on any atom is -0.508 e. The Morgan fingerprint density at radius 3 is 2.43 bits per heavy atom. The highest BCUT2D eigenvalue weighted by Crippen LogP contribution is 2.24. The van der Waals surface area contributed by atoms with Crippen LogP contribution in [0.3, 0.4) is 0 Å². The second kappa shape index (κ2) is 22.7. The molecule has 4 amide bonds. The van der Waals surface area contributed by atoms with Crippen molar-refractivity contribution in [1.82, 2.24) is 26.0 Å². The summed E-state index contributed by atoms with van der Waals surface area (Å²) in [6.07, 6.45) is 8.47. The molecule has 15 nitrogen and oxygen atoms in total. The van der Waals surface area contributed by atoms with Crippen molar-refractivity contribution in [2.75, 3.05) is 20.6 Å². The van der Waals surface area contributed by atoms with Crippen molar-refractivity contribution >= 4 is 35.4 Å². The molecule has 1 unspecified atom stereocenters. The van der Waals surface area contributed by atoms with E-state index in [1.165, 1.54) is 41.1 Å². The molecular formula is C43H61N5O10. The van der Waals surface area contributed by atoms with Gasteiger partial charge in [-0.2, -0.15) is 0 Å². The summed E-state index contributed by atoms with van der Waals surface area (Å²) in [4.78, 5) is 81.5. The third-order valence-corrected chi connectivity index (χ3v) is 10.3. The number of Topliss-reactive ketones (excluding diaryl/α,β-unsaturated/α-hetero) is 1. The molecule has 58 heavy (non-hydrogen) atoms. The fourth-order valence-corrected chi connectivity index (χ4v) is 6.59. The normalized spacial score (nSPS) is 27.3. The van der Waals surface area contributed by atoms with Crippen LogP contribution in [-0.4, -0.2) is 118 Å². The first-order chi connectivity index (χ1) is 27.4. The number of phenolic OH excluding ortho intramolecular Hbond substituents is 1. The summed E-state index contributed by atoms with van der Waals surface area (Å²) in [7, 11) is 3.25. The van der Waals surface area contributed by atoms with Gasteiger partial charge in [-0.05, 0) is 62.3 Å². The molecule has 1 aromatic carbocycles. The molecule has 2 aliphatic heterocycles. The lowest BCUT2D eigenvalue weighted by Gasteiger charge is -2.36. The van der Waals surface area contributed by atoms with E-state index in [2.05, 4.69) is 16.1 Å². The molecular weight excluding hydrogens is 746 g/mol. The first-order valence-electron chi connectivity index (χ1n) is 19.8. The molecule has 15 heteroatoms. The molecule has 2 bridgehead atoms. The summed E-state index contributed by atoms with van der Waals surface area (Å²) < 4.78 is 6.00. The van der Waals surface area contributed by atoms with Crippen LogP contribution in [0.25, 0.3) is 0 Å². The number of ketones is 1. The number of aromatic hydroxyl groups is 1. The molecule has 2 aliphatic rings. The molecule has 0 aromatic heterocycles. The minimum absolute atomic E-state index is 0.0270. The number of likely N-dealkylation sites (N-methyl/N-ethyl adjacent to an activating group) is 1. The van der Waals surface area contributed by atoms with E-state index in [0.717, 1.165) is 0 Å². The number of phenols is 1. The van der Waals surface area contributed by atoms with E-state index in [4.69, 9.17) is 4.74 Å². The first kappa shape index (κ1) is 47.3. The summed E-state index contributed by atoms with van der Waals surface area (Å²) >= 11 is 0. The van der Waals surface area contributed by atoms with Crippen molar-refractivity contribution in [3.63, 3.8) is 0 Å². The maximum Gasteiger partial charge on any atom is 0.325 e. The third-order valence-electron chi connectivity index (χ3n) is 10.3. The fraction of sp³-hybridized carbons (Fsp3) is 0.535. The second-order valence-corrected chi connectivity index (χ2v) is 15.6. The van der Waals surface area contributed by atoms with E-state index in [-0.39, 0.29) is 49.7 Å². The Morgan fingerprint density at radius 1 is 1.05 bits per heavy atom. The SMILES string of the molecule is CC(=O)CC[C@H]1C(=O)N[C@@H](C(C)C)C(=O)N[C@@H](Cc2cccc(O)c2)C(=O)N2CCCC(N2)C(=O)O[C@H](C(C)=CC=CC(=O)N(C)C)CC=CC=C[C@H](O)[C@H](C)[C@H]1O. The number of carbonyl (C=O) groups excluding carboxylic acids is 6. The molecule has 0 saturated carbocycles. The first-order valence-corrected chi connectivity index (χ1v) is 19.8. The lowest BCUT2D eigenvalue weighted by atomic mass is 9.84. The Hall–Kier alpha value is -5.12. The number of nitrogens with zero attached hydrogens (tertiary/aromatic N) is 2. The van der Waals surface area contributed by atoms with Gasteiger partial charge in [-0.15, -0.1) is 0 Å². The monoisotopic (exact) mass is 807 g/mol. The number of benzene rings is 1. The molecule has 2 heterocycles. The second-order valence-electron chi connectivity index (χ2n) is 15.6. The molecule has 3 rings (SSSR count). The molecule has 1 fully saturated rings. The van der Waals surface area contributed by atoms with Crippen LogP contribution in [0.4, 0.5) is 0 Å². The number of ether oxygens (including phenoxy) is 1. The summed E-state index contributed by atoms with van der Waals surface area (Å²) in [5, 5.41) is 39.5. The van der Waals surface area contributed by atoms with Gasteiger partial charge in [0, 0.05) is 51.9 Å². The Bertz CT molecular complexity index is 1740. The number of rotatable bonds is 9. The van der Waals surface area contributed by atoms with Gasteiger partial charge in [0.05, 0.1) is 18.1 Å². The molecule has 0 aliphatic carbocycles. The van der Waals surface area contributed by atoms with E-state index in [9.17, 15) is 44.1 Å². The highest BCUT2D eigenvalue weighted by molar-refractivity contribution is 5.93. The quantitative estimate of drug-likeness (QED) is 0.121. The van der Waals surface area contributed by atoms with Gasteiger partial charge in [-0.3, -0.25) is 29.0 Å². The number of hydrazine groups is 1. The minimum atomic E-state index is -1.42. The number of amides is 4. The van der Waals surface area contributed by atoms with Crippen LogP contribution < -0.4 is 16.1 Å². The van der Waals surface area contributed by atoms with Gasteiger partial charge in [-0.1, -0.05) is 69.4 Å². The van der Waals surface area contributed by atoms with Gasteiger partial charge in [0.2, 0.25) is 17.7 Å². The highest BCUT2D eigenvalue weighted by atomic mass is 16.5. The molecule has 318 valence electrons. The van der Waals surface area contributed by atoms with Gasteiger partial charge in [0.25, 0.3) is 5.91 Å². The van der Waals surface area contributed by atoms with E-state index >= 15 is 0 Å². The molecule has 8 atom stereocenters. The third kappa shape index (κ3) is 14.4. The van der Waals surface area contributed by atoms with Gasteiger partial charge in [-0.25, -0.2) is 5.43 Å². The van der Waals surface area contributed by atoms with Crippen LogP contribution in [-0.2, 0) is 39.9 Å². The summed E-state index contributed by atoms with van der Waals surface area (Å²) in [6, 6.07) is 2.92. The number of esters is 1. The number of nitrogens with one attached hydrogen (secondary N) is 3. The predicted molar refractivity (Wildman–Crippen MR) is 217 cm³/mol. The fourth-order valence-electron chi connectivity index (χ4n) is 6.59. The van der Waals surface area contributed by atoms with Crippen LogP contribution >= 0.6 is 0 Å². The Kier molecular flexibility index (Phi) is 18.5. The van der Waals surface area contributed by atoms with Crippen molar-refractivity contribution in [1.29, 1.82) is 0 Å². The number of allylic oxidation sites excluding steroid dienone is 4. The Labute approximate surface area is 341 Å². The van der Waals surface area contributed by atoms with E-state index in [0.29, 0.717) is 24.0 Å². The van der Waals surface area contributed by atoms with Crippen LogP contribution in [0.15, 0.2) is 72.4 Å².